The highest BCUT2D eigenvalue weighted by molar-refractivity contribution is 5.88. The Morgan fingerprint density at radius 1 is 1.41 bits per heavy atom. The first kappa shape index (κ1) is 14.4. The first-order chi connectivity index (χ1) is 10.7. The molecular formula is C16H19N3O3. The van der Waals surface area contributed by atoms with E-state index in [1.165, 1.54) is 0 Å². The van der Waals surface area contributed by atoms with Crippen molar-refractivity contribution in [1.82, 2.24) is 10.1 Å². The third kappa shape index (κ3) is 2.90. The predicted octanol–water partition coefficient (Wildman–Crippen LogP) is 3.36. The van der Waals surface area contributed by atoms with Gasteiger partial charge in [0.25, 0.3) is 0 Å². The van der Waals surface area contributed by atoms with Gasteiger partial charge in [-0.15, -0.1) is 0 Å². The summed E-state index contributed by atoms with van der Waals surface area (Å²) < 4.78 is 10.1. The number of benzene rings is 1. The molecule has 22 heavy (non-hydrogen) atoms. The van der Waals surface area contributed by atoms with Crippen LogP contribution in [0.3, 0.4) is 0 Å². The first-order valence-electron chi connectivity index (χ1n) is 7.32. The fraction of sp³-hybridized carbons (Fsp3) is 0.375. The normalized spacial score (nSPS) is 17.5. The van der Waals surface area contributed by atoms with Gasteiger partial charge >= 0.3 is 6.03 Å². The number of aryl methyl sites for hydroxylation is 1. The summed E-state index contributed by atoms with van der Waals surface area (Å²) >= 11 is 0. The van der Waals surface area contributed by atoms with E-state index in [4.69, 9.17) is 9.26 Å². The summed E-state index contributed by atoms with van der Waals surface area (Å²) in [6, 6.07) is 9.50. The van der Waals surface area contributed by atoms with E-state index in [1.807, 2.05) is 29.2 Å². The van der Waals surface area contributed by atoms with E-state index in [0.717, 1.165) is 30.7 Å². The molecule has 116 valence electrons. The topological polar surface area (TPSA) is 67.6 Å². The third-order valence-electron chi connectivity index (χ3n) is 3.88. The smallest absolute Gasteiger partial charge is 0.323 e. The first-order valence-corrected chi connectivity index (χ1v) is 7.32. The number of hydrogen-bond acceptors (Lipinski definition) is 4. The second-order valence-electron chi connectivity index (χ2n) is 5.38. The van der Waals surface area contributed by atoms with Gasteiger partial charge in [0, 0.05) is 12.6 Å². The van der Waals surface area contributed by atoms with Crippen LogP contribution in [0.5, 0.6) is 5.75 Å². The van der Waals surface area contributed by atoms with Crippen molar-refractivity contribution < 1.29 is 14.1 Å². The van der Waals surface area contributed by atoms with Crippen molar-refractivity contribution in [1.29, 1.82) is 0 Å². The SMILES string of the molecule is COc1ccc([C@H]2CCCN2C(=O)Nc2cc(C)on2)cc1. The highest BCUT2D eigenvalue weighted by Gasteiger charge is 2.30. The zero-order valence-electron chi connectivity index (χ0n) is 12.7. The zero-order chi connectivity index (χ0) is 15.5. The molecule has 0 bridgehead atoms. The van der Waals surface area contributed by atoms with Crippen LogP contribution in [-0.2, 0) is 0 Å². The predicted molar refractivity (Wildman–Crippen MR) is 81.9 cm³/mol. The fourth-order valence-corrected chi connectivity index (χ4v) is 2.79. The number of likely N-dealkylation sites (tertiary alicyclic amines) is 1. The zero-order valence-corrected chi connectivity index (χ0v) is 12.7. The number of nitrogens with zero attached hydrogens (tertiary/aromatic N) is 2. The number of carbonyl (C=O) groups is 1. The van der Waals surface area contributed by atoms with Crippen LogP contribution in [0.1, 0.15) is 30.2 Å². The molecule has 6 heteroatoms. The molecule has 6 nitrogen and oxygen atoms in total. The monoisotopic (exact) mass is 301 g/mol. The van der Waals surface area contributed by atoms with Gasteiger partial charge in [-0.1, -0.05) is 17.3 Å². The maximum atomic E-state index is 12.4. The number of methoxy groups -OCH3 is 1. The van der Waals surface area contributed by atoms with Crippen molar-refractivity contribution in [2.75, 3.05) is 19.0 Å². The Balaban J connectivity index is 1.72. The molecule has 1 saturated heterocycles. The number of amides is 2. The molecule has 1 atom stereocenters. The number of hydrogen-bond donors (Lipinski definition) is 1. The number of rotatable bonds is 3. The Bertz CT molecular complexity index is 651. The number of anilines is 1. The van der Waals surface area contributed by atoms with Gasteiger partial charge in [0.1, 0.15) is 11.5 Å². The molecule has 1 aliphatic rings. The standard InChI is InChI=1S/C16H19N3O3/c1-11-10-15(18-22-11)17-16(20)19-9-3-4-14(19)12-5-7-13(21-2)8-6-12/h5-8,10,14H,3-4,9H2,1-2H3,(H,17,18,20)/t14-/m1/s1. The van der Waals surface area contributed by atoms with Crippen LogP contribution < -0.4 is 10.1 Å². The number of nitrogens with one attached hydrogen (secondary N) is 1. The molecule has 0 radical (unpaired) electrons. The average molecular weight is 301 g/mol. The lowest BCUT2D eigenvalue weighted by Crippen LogP contribution is -2.34. The van der Waals surface area contributed by atoms with Gasteiger partial charge in [0.2, 0.25) is 0 Å². The maximum absolute atomic E-state index is 12.4. The lowest BCUT2D eigenvalue weighted by Gasteiger charge is -2.25. The Morgan fingerprint density at radius 2 is 2.18 bits per heavy atom. The Morgan fingerprint density at radius 3 is 2.82 bits per heavy atom. The van der Waals surface area contributed by atoms with E-state index in [-0.39, 0.29) is 12.1 Å². The van der Waals surface area contributed by atoms with Crippen LogP contribution in [-0.4, -0.2) is 29.7 Å². The highest BCUT2D eigenvalue weighted by atomic mass is 16.5. The van der Waals surface area contributed by atoms with Gasteiger partial charge in [-0.25, -0.2) is 4.79 Å². The van der Waals surface area contributed by atoms with Gasteiger partial charge in [0.15, 0.2) is 5.82 Å². The second kappa shape index (κ2) is 6.09. The van der Waals surface area contributed by atoms with Gasteiger partial charge in [-0.3, -0.25) is 5.32 Å². The summed E-state index contributed by atoms with van der Waals surface area (Å²) in [4.78, 5) is 14.3. The summed E-state index contributed by atoms with van der Waals surface area (Å²) in [5.74, 6) is 1.93. The summed E-state index contributed by atoms with van der Waals surface area (Å²) in [5.41, 5.74) is 1.12. The van der Waals surface area contributed by atoms with Crippen LogP contribution >= 0.6 is 0 Å². The molecule has 1 fully saturated rings. The van der Waals surface area contributed by atoms with Crippen molar-refractivity contribution in [3.63, 3.8) is 0 Å². The maximum Gasteiger partial charge on any atom is 0.323 e. The summed E-state index contributed by atoms with van der Waals surface area (Å²) in [6.45, 7) is 2.53. The minimum atomic E-state index is -0.147. The summed E-state index contributed by atoms with van der Waals surface area (Å²) in [7, 11) is 1.64. The third-order valence-corrected chi connectivity index (χ3v) is 3.88. The van der Waals surface area contributed by atoms with E-state index in [1.54, 1.807) is 20.1 Å². The quantitative estimate of drug-likeness (QED) is 0.944. The van der Waals surface area contributed by atoms with Crippen LogP contribution in [0.25, 0.3) is 0 Å². The molecule has 2 aromatic rings. The minimum absolute atomic E-state index is 0.0823. The van der Waals surface area contributed by atoms with Crippen LogP contribution in [0.15, 0.2) is 34.9 Å². The largest absolute Gasteiger partial charge is 0.497 e. The van der Waals surface area contributed by atoms with Gasteiger partial charge in [-0.05, 0) is 37.5 Å². The highest BCUT2D eigenvalue weighted by Crippen LogP contribution is 2.33. The van der Waals surface area contributed by atoms with Gasteiger partial charge in [-0.2, -0.15) is 0 Å². The van der Waals surface area contributed by atoms with E-state index in [9.17, 15) is 4.79 Å². The second-order valence-corrected chi connectivity index (χ2v) is 5.38. The van der Waals surface area contributed by atoms with Crippen LogP contribution in [0.2, 0.25) is 0 Å². The molecule has 1 aromatic carbocycles. The van der Waals surface area contributed by atoms with Crippen molar-refractivity contribution in [2.24, 2.45) is 0 Å². The lowest BCUT2D eigenvalue weighted by molar-refractivity contribution is 0.207. The minimum Gasteiger partial charge on any atom is -0.497 e. The molecule has 2 heterocycles. The molecule has 1 aliphatic heterocycles. The van der Waals surface area contributed by atoms with Gasteiger partial charge < -0.3 is 14.2 Å². The number of ether oxygens (including phenoxy) is 1. The van der Waals surface area contributed by atoms with Crippen LogP contribution in [0.4, 0.5) is 10.6 Å². The van der Waals surface area contributed by atoms with Crippen molar-refractivity contribution >= 4 is 11.8 Å². The van der Waals surface area contributed by atoms with Crippen LogP contribution in [0, 0.1) is 6.92 Å². The van der Waals surface area contributed by atoms with E-state index in [0.29, 0.717) is 11.6 Å². The molecule has 0 unspecified atom stereocenters. The summed E-state index contributed by atoms with van der Waals surface area (Å²) in [5, 5.41) is 6.58. The van der Waals surface area contributed by atoms with E-state index in [2.05, 4.69) is 10.5 Å². The van der Waals surface area contributed by atoms with Crippen molar-refractivity contribution in [3.8, 4) is 5.75 Å². The molecule has 0 spiro atoms. The Kier molecular flexibility index (Phi) is 4.00. The molecule has 2 amide bonds. The Labute approximate surface area is 129 Å². The van der Waals surface area contributed by atoms with E-state index < -0.39 is 0 Å². The molecular weight excluding hydrogens is 282 g/mol. The number of aromatic nitrogens is 1. The van der Waals surface area contributed by atoms with E-state index >= 15 is 0 Å². The number of urea groups is 1. The van der Waals surface area contributed by atoms with Crippen molar-refractivity contribution in [2.45, 2.75) is 25.8 Å². The van der Waals surface area contributed by atoms with Crippen molar-refractivity contribution in [3.05, 3.63) is 41.7 Å². The number of carbonyl (C=O) groups excluding carboxylic acids is 1. The fourth-order valence-electron chi connectivity index (χ4n) is 2.79. The van der Waals surface area contributed by atoms with Gasteiger partial charge in [0.05, 0.1) is 13.2 Å². The lowest BCUT2D eigenvalue weighted by atomic mass is 10.0. The molecule has 3 rings (SSSR count). The molecule has 0 saturated carbocycles. The summed E-state index contributed by atoms with van der Waals surface area (Å²) in [6.07, 6.45) is 1.94. The average Bonchev–Trinajstić information content (AvgIpc) is 3.16. The Hall–Kier alpha value is -2.50. The molecule has 1 N–H and O–H groups in total. The molecule has 1 aromatic heterocycles. The molecule has 0 aliphatic carbocycles.